The van der Waals surface area contributed by atoms with Crippen molar-refractivity contribution in [3.63, 3.8) is 0 Å². The van der Waals surface area contributed by atoms with Crippen LogP contribution in [0.1, 0.15) is 32.3 Å². The number of hydrogen-bond donors (Lipinski definition) is 1. The van der Waals surface area contributed by atoms with E-state index in [4.69, 9.17) is 11.0 Å². The first kappa shape index (κ1) is 13.2. The molecule has 0 aromatic carbocycles. The second kappa shape index (κ2) is 6.69. The van der Waals surface area contributed by atoms with Gasteiger partial charge in [-0.25, -0.2) is 9.97 Å². The van der Waals surface area contributed by atoms with Crippen LogP contribution in [0.5, 0.6) is 0 Å². The van der Waals surface area contributed by atoms with E-state index < -0.39 is 0 Å². The van der Waals surface area contributed by atoms with Crippen LogP contribution in [0.4, 0.5) is 11.6 Å². The quantitative estimate of drug-likeness (QED) is 0.809. The number of aromatic nitrogens is 2. The molecule has 0 aliphatic carbocycles. The van der Waals surface area contributed by atoms with Crippen molar-refractivity contribution < 1.29 is 0 Å². The van der Waals surface area contributed by atoms with Crippen LogP contribution in [0, 0.1) is 11.3 Å². The number of rotatable bonds is 6. The van der Waals surface area contributed by atoms with Gasteiger partial charge in [-0.05, 0) is 13.3 Å². The maximum Gasteiger partial charge on any atom is 0.137 e. The Morgan fingerprint density at radius 3 is 2.76 bits per heavy atom. The number of nitrogen functional groups attached to an aromatic ring is 1. The molecule has 92 valence electrons. The van der Waals surface area contributed by atoms with E-state index in [-0.39, 0.29) is 0 Å². The predicted octanol–water partition coefficient (Wildman–Crippen LogP) is 1.75. The topological polar surface area (TPSA) is 78.8 Å². The predicted molar refractivity (Wildman–Crippen MR) is 68.6 cm³/mol. The molecule has 0 bridgehead atoms. The molecule has 0 atom stereocenters. The average molecular weight is 233 g/mol. The van der Waals surface area contributed by atoms with Gasteiger partial charge < -0.3 is 10.6 Å². The standard InChI is InChI=1S/C12H19N5/c1-3-6-10-11(14)15-9-16-12(10)17(4-2)8-5-7-13/h9H,3-6,8H2,1-2H3,(H2,14,15,16). The van der Waals surface area contributed by atoms with Gasteiger partial charge in [-0.15, -0.1) is 0 Å². The van der Waals surface area contributed by atoms with Crippen LogP contribution >= 0.6 is 0 Å². The lowest BCUT2D eigenvalue weighted by Crippen LogP contribution is -2.26. The lowest BCUT2D eigenvalue weighted by Gasteiger charge is -2.23. The summed E-state index contributed by atoms with van der Waals surface area (Å²) in [6.45, 7) is 5.64. The van der Waals surface area contributed by atoms with Crippen LogP contribution in [-0.2, 0) is 6.42 Å². The number of hydrogen-bond acceptors (Lipinski definition) is 5. The molecule has 0 saturated carbocycles. The fourth-order valence-electron chi connectivity index (χ4n) is 1.78. The van der Waals surface area contributed by atoms with Crippen LogP contribution in [0.15, 0.2) is 6.33 Å². The summed E-state index contributed by atoms with van der Waals surface area (Å²) in [5.41, 5.74) is 6.88. The molecule has 0 saturated heterocycles. The van der Waals surface area contributed by atoms with E-state index in [1.807, 2.05) is 6.92 Å². The number of nitrogens with two attached hydrogens (primary N) is 1. The Morgan fingerprint density at radius 1 is 1.41 bits per heavy atom. The van der Waals surface area contributed by atoms with Gasteiger partial charge in [0, 0.05) is 18.7 Å². The molecule has 1 rings (SSSR count). The van der Waals surface area contributed by atoms with Crippen LogP contribution in [0.25, 0.3) is 0 Å². The monoisotopic (exact) mass is 233 g/mol. The molecular weight excluding hydrogens is 214 g/mol. The molecule has 0 amide bonds. The molecule has 17 heavy (non-hydrogen) atoms. The van der Waals surface area contributed by atoms with Gasteiger partial charge in [0.25, 0.3) is 0 Å². The minimum absolute atomic E-state index is 0.489. The lowest BCUT2D eigenvalue weighted by atomic mass is 10.1. The lowest BCUT2D eigenvalue weighted by molar-refractivity contribution is 0.789. The Kier molecular flexibility index (Phi) is 5.21. The molecule has 0 spiro atoms. The molecule has 2 N–H and O–H groups in total. The second-order valence-electron chi connectivity index (χ2n) is 3.80. The zero-order valence-corrected chi connectivity index (χ0v) is 10.5. The van der Waals surface area contributed by atoms with E-state index in [1.54, 1.807) is 0 Å². The molecular formula is C12H19N5. The summed E-state index contributed by atoms with van der Waals surface area (Å²) in [7, 11) is 0. The van der Waals surface area contributed by atoms with Crippen LogP contribution in [-0.4, -0.2) is 23.1 Å². The Bertz CT molecular complexity index is 396. The summed E-state index contributed by atoms with van der Waals surface area (Å²) in [6, 6.07) is 2.15. The Labute approximate surface area is 102 Å². The highest BCUT2D eigenvalue weighted by atomic mass is 15.2. The van der Waals surface area contributed by atoms with Crippen molar-refractivity contribution in [1.29, 1.82) is 5.26 Å². The van der Waals surface area contributed by atoms with Gasteiger partial charge in [0.05, 0.1) is 12.5 Å². The summed E-state index contributed by atoms with van der Waals surface area (Å²) < 4.78 is 0. The van der Waals surface area contributed by atoms with Gasteiger partial charge in [0.2, 0.25) is 0 Å². The molecule has 5 nitrogen and oxygen atoms in total. The highest BCUT2D eigenvalue weighted by molar-refractivity contribution is 5.56. The molecule has 5 heteroatoms. The first-order valence-corrected chi connectivity index (χ1v) is 5.95. The molecule has 1 aromatic rings. The van der Waals surface area contributed by atoms with Gasteiger partial charge in [-0.3, -0.25) is 0 Å². The van der Waals surface area contributed by atoms with Crippen molar-refractivity contribution >= 4 is 11.6 Å². The number of nitriles is 1. The van der Waals surface area contributed by atoms with Gasteiger partial charge in [-0.1, -0.05) is 13.3 Å². The fraction of sp³-hybridized carbons (Fsp3) is 0.583. The maximum atomic E-state index is 8.65. The van der Waals surface area contributed by atoms with Crippen LogP contribution in [0.3, 0.4) is 0 Å². The molecule has 0 fully saturated rings. The van der Waals surface area contributed by atoms with Gasteiger partial charge >= 0.3 is 0 Å². The van der Waals surface area contributed by atoms with E-state index in [1.165, 1.54) is 6.33 Å². The minimum atomic E-state index is 0.489. The Morgan fingerprint density at radius 2 is 2.18 bits per heavy atom. The van der Waals surface area contributed by atoms with E-state index in [9.17, 15) is 0 Å². The zero-order chi connectivity index (χ0) is 12.7. The molecule has 0 aliphatic rings. The van der Waals surface area contributed by atoms with Crippen molar-refractivity contribution in [1.82, 2.24) is 9.97 Å². The van der Waals surface area contributed by atoms with Crippen LogP contribution < -0.4 is 10.6 Å². The molecule has 1 heterocycles. The van der Waals surface area contributed by atoms with E-state index in [2.05, 4.69) is 27.9 Å². The van der Waals surface area contributed by atoms with Crippen LogP contribution in [0.2, 0.25) is 0 Å². The summed E-state index contributed by atoms with van der Waals surface area (Å²) in [5.74, 6) is 1.42. The fourth-order valence-corrected chi connectivity index (χ4v) is 1.78. The van der Waals surface area contributed by atoms with Gasteiger partial charge in [0.1, 0.15) is 18.0 Å². The van der Waals surface area contributed by atoms with E-state index in [0.29, 0.717) is 18.8 Å². The number of nitrogens with zero attached hydrogens (tertiary/aromatic N) is 4. The summed E-state index contributed by atoms with van der Waals surface area (Å²) >= 11 is 0. The molecule has 1 aromatic heterocycles. The third kappa shape index (κ3) is 3.31. The SMILES string of the molecule is CCCc1c(N)ncnc1N(CC)CCC#N. The Balaban J connectivity index is 3.01. The normalized spacial score (nSPS) is 9.94. The van der Waals surface area contributed by atoms with Crippen molar-refractivity contribution in [2.45, 2.75) is 33.1 Å². The Hall–Kier alpha value is -1.83. The van der Waals surface area contributed by atoms with Crippen molar-refractivity contribution in [2.24, 2.45) is 0 Å². The third-order valence-electron chi connectivity index (χ3n) is 2.63. The molecule has 0 radical (unpaired) electrons. The second-order valence-corrected chi connectivity index (χ2v) is 3.80. The zero-order valence-electron chi connectivity index (χ0n) is 10.5. The highest BCUT2D eigenvalue weighted by Crippen LogP contribution is 2.22. The molecule has 0 unspecified atom stereocenters. The maximum absolute atomic E-state index is 8.65. The first-order valence-electron chi connectivity index (χ1n) is 5.95. The van der Waals surface area contributed by atoms with Crippen molar-refractivity contribution in [3.8, 4) is 6.07 Å². The van der Waals surface area contributed by atoms with Crippen molar-refractivity contribution in [3.05, 3.63) is 11.9 Å². The largest absolute Gasteiger partial charge is 0.383 e. The molecule has 0 aliphatic heterocycles. The summed E-state index contributed by atoms with van der Waals surface area (Å²) in [6.07, 6.45) is 3.84. The smallest absolute Gasteiger partial charge is 0.137 e. The first-order chi connectivity index (χ1) is 8.24. The number of anilines is 2. The minimum Gasteiger partial charge on any atom is -0.383 e. The third-order valence-corrected chi connectivity index (χ3v) is 2.63. The summed E-state index contributed by atoms with van der Waals surface area (Å²) in [4.78, 5) is 10.4. The highest BCUT2D eigenvalue weighted by Gasteiger charge is 2.13. The van der Waals surface area contributed by atoms with E-state index >= 15 is 0 Å². The van der Waals surface area contributed by atoms with Gasteiger partial charge in [-0.2, -0.15) is 5.26 Å². The summed E-state index contributed by atoms with van der Waals surface area (Å²) in [5, 5.41) is 8.65. The van der Waals surface area contributed by atoms with Gasteiger partial charge in [0.15, 0.2) is 0 Å². The average Bonchev–Trinajstić information content (AvgIpc) is 2.34. The van der Waals surface area contributed by atoms with E-state index in [0.717, 1.165) is 30.8 Å². The van der Waals surface area contributed by atoms with Crippen molar-refractivity contribution in [2.75, 3.05) is 23.7 Å².